The standard InChI is InChI=1S/C14H13NO4/c1-9-7-8-15-13(12(9)14(16)17)19-11-5-3-10(18-2)4-6-11/h3-8H,1-2H3,(H,16,17). The largest absolute Gasteiger partial charge is 0.497 e. The molecule has 19 heavy (non-hydrogen) atoms. The Labute approximate surface area is 110 Å². The SMILES string of the molecule is COc1ccc(Oc2nccc(C)c2C(=O)O)cc1. The zero-order chi connectivity index (χ0) is 13.8. The quantitative estimate of drug-likeness (QED) is 0.914. The summed E-state index contributed by atoms with van der Waals surface area (Å²) in [6.45, 7) is 1.70. The number of carbonyl (C=O) groups is 1. The van der Waals surface area contributed by atoms with Gasteiger partial charge in [0.2, 0.25) is 5.88 Å². The maximum Gasteiger partial charge on any atom is 0.341 e. The lowest BCUT2D eigenvalue weighted by Gasteiger charge is -2.09. The second-order valence-corrected chi connectivity index (χ2v) is 3.89. The molecule has 0 aliphatic carbocycles. The average Bonchev–Trinajstić information content (AvgIpc) is 2.39. The first-order valence-electron chi connectivity index (χ1n) is 5.62. The minimum absolute atomic E-state index is 0.0679. The Kier molecular flexibility index (Phi) is 3.66. The molecule has 5 heteroatoms. The summed E-state index contributed by atoms with van der Waals surface area (Å²) < 4.78 is 10.5. The summed E-state index contributed by atoms with van der Waals surface area (Å²) in [6.07, 6.45) is 1.51. The highest BCUT2D eigenvalue weighted by atomic mass is 16.5. The summed E-state index contributed by atoms with van der Waals surface area (Å²) in [4.78, 5) is 15.2. The number of carboxylic acids is 1. The highest BCUT2D eigenvalue weighted by Gasteiger charge is 2.16. The fourth-order valence-electron chi connectivity index (χ4n) is 1.63. The molecular weight excluding hydrogens is 246 g/mol. The third-order valence-electron chi connectivity index (χ3n) is 2.61. The number of pyridine rings is 1. The molecule has 0 unspecified atom stereocenters. The smallest absolute Gasteiger partial charge is 0.341 e. The first-order valence-corrected chi connectivity index (χ1v) is 5.62. The number of benzene rings is 1. The summed E-state index contributed by atoms with van der Waals surface area (Å²) >= 11 is 0. The second-order valence-electron chi connectivity index (χ2n) is 3.89. The third kappa shape index (κ3) is 2.82. The zero-order valence-corrected chi connectivity index (χ0v) is 10.6. The van der Waals surface area contributed by atoms with Crippen LogP contribution in [0.25, 0.3) is 0 Å². The molecule has 0 saturated heterocycles. The molecular formula is C14H13NO4. The van der Waals surface area contributed by atoms with Crippen molar-refractivity contribution in [3.8, 4) is 17.4 Å². The normalized spacial score (nSPS) is 10.0. The second kappa shape index (κ2) is 5.39. The van der Waals surface area contributed by atoms with Gasteiger partial charge in [-0.25, -0.2) is 9.78 Å². The van der Waals surface area contributed by atoms with Crippen molar-refractivity contribution in [2.24, 2.45) is 0 Å². The Bertz CT molecular complexity index is 593. The summed E-state index contributed by atoms with van der Waals surface area (Å²) in [5.41, 5.74) is 0.671. The maximum atomic E-state index is 11.2. The number of hydrogen-bond acceptors (Lipinski definition) is 4. The van der Waals surface area contributed by atoms with E-state index in [2.05, 4.69) is 4.98 Å². The molecule has 1 N–H and O–H groups in total. The van der Waals surface area contributed by atoms with E-state index in [1.54, 1.807) is 44.4 Å². The first-order chi connectivity index (χ1) is 9.11. The number of hydrogen-bond donors (Lipinski definition) is 1. The van der Waals surface area contributed by atoms with Crippen LogP contribution in [0.15, 0.2) is 36.5 Å². The van der Waals surface area contributed by atoms with Gasteiger partial charge in [-0.3, -0.25) is 0 Å². The lowest BCUT2D eigenvalue weighted by molar-refractivity contribution is 0.0692. The van der Waals surface area contributed by atoms with Crippen LogP contribution >= 0.6 is 0 Å². The van der Waals surface area contributed by atoms with E-state index in [1.165, 1.54) is 6.20 Å². The number of aromatic carboxylic acids is 1. The topological polar surface area (TPSA) is 68.7 Å². The van der Waals surface area contributed by atoms with Gasteiger partial charge in [0.15, 0.2) is 0 Å². The predicted octanol–water partition coefficient (Wildman–Crippen LogP) is 2.89. The van der Waals surface area contributed by atoms with E-state index >= 15 is 0 Å². The van der Waals surface area contributed by atoms with Gasteiger partial charge in [-0.05, 0) is 42.8 Å². The minimum Gasteiger partial charge on any atom is -0.497 e. The first kappa shape index (κ1) is 12.9. The molecule has 0 aliphatic heterocycles. The van der Waals surface area contributed by atoms with Crippen molar-refractivity contribution in [2.75, 3.05) is 7.11 Å². The number of ether oxygens (including phenoxy) is 2. The Morgan fingerprint density at radius 1 is 1.16 bits per heavy atom. The maximum absolute atomic E-state index is 11.2. The average molecular weight is 259 g/mol. The Morgan fingerprint density at radius 2 is 1.79 bits per heavy atom. The fraction of sp³-hybridized carbons (Fsp3) is 0.143. The van der Waals surface area contributed by atoms with Crippen molar-refractivity contribution in [3.63, 3.8) is 0 Å². The highest BCUT2D eigenvalue weighted by molar-refractivity contribution is 5.91. The molecule has 2 rings (SSSR count). The third-order valence-corrected chi connectivity index (χ3v) is 2.61. The Hall–Kier alpha value is -2.56. The molecule has 0 radical (unpaired) electrons. The van der Waals surface area contributed by atoms with Crippen LogP contribution in [0.3, 0.4) is 0 Å². The van der Waals surface area contributed by atoms with Crippen molar-refractivity contribution in [2.45, 2.75) is 6.92 Å². The minimum atomic E-state index is -1.06. The van der Waals surface area contributed by atoms with E-state index in [1.807, 2.05) is 0 Å². The van der Waals surface area contributed by atoms with Crippen LogP contribution in [0, 0.1) is 6.92 Å². The number of methoxy groups -OCH3 is 1. The van der Waals surface area contributed by atoms with Gasteiger partial charge in [-0.15, -0.1) is 0 Å². The summed E-state index contributed by atoms with van der Waals surface area (Å²) in [6, 6.07) is 8.46. The van der Waals surface area contributed by atoms with E-state index in [0.29, 0.717) is 17.1 Å². The van der Waals surface area contributed by atoms with Crippen LogP contribution < -0.4 is 9.47 Å². The van der Waals surface area contributed by atoms with Crippen molar-refractivity contribution in [1.29, 1.82) is 0 Å². The predicted molar refractivity (Wildman–Crippen MR) is 69.0 cm³/mol. The van der Waals surface area contributed by atoms with Crippen LogP contribution in [0.5, 0.6) is 17.4 Å². The van der Waals surface area contributed by atoms with Crippen molar-refractivity contribution in [1.82, 2.24) is 4.98 Å². The lowest BCUT2D eigenvalue weighted by Crippen LogP contribution is -2.04. The fourth-order valence-corrected chi connectivity index (χ4v) is 1.63. The molecule has 5 nitrogen and oxygen atoms in total. The van der Waals surface area contributed by atoms with Gasteiger partial charge in [0, 0.05) is 6.20 Å². The van der Waals surface area contributed by atoms with E-state index in [9.17, 15) is 4.79 Å². The van der Waals surface area contributed by atoms with Gasteiger partial charge >= 0.3 is 5.97 Å². The molecule has 0 bridgehead atoms. The summed E-state index contributed by atoms with van der Waals surface area (Å²) in [7, 11) is 1.57. The zero-order valence-electron chi connectivity index (χ0n) is 10.6. The van der Waals surface area contributed by atoms with Crippen LogP contribution in [0.2, 0.25) is 0 Å². The lowest BCUT2D eigenvalue weighted by atomic mass is 10.1. The monoisotopic (exact) mass is 259 g/mol. The number of nitrogens with zero attached hydrogens (tertiary/aromatic N) is 1. The van der Waals surface area contributed by atoms with Gasteiger partial charge in [0.05, 0.1) is 7.11 Å². The Balaban J connectivity index is 2.32. The molecule has 98 valence electrons. The molecule has 0 aliphatic rings. The van der Waals surface area contributed by atoms with Gasteiger partial charge < -0.3 is 14.6 Å². The molecule has 0 amide bonds. The molecule has 0 fully saturated rings. The van der Waals surface area contributed by atoms with Gasteiger partial charge in [0.1, 0.15) is 17.1 Å². The van der Waals surface area contributed by atoms with E-state index in [0.717, 1.165) is 0 Å². The molecule has 1 aromatic heterocycles. The van der Waals surface area contributed by atoms with Gasteiger partial charge in [-0.1, -0.05) is 0 Å². The van der Waals surface area contributed by atoms with Crippen LogP contribution in [0.4, 0.5) is 0 Å². The summed E-state index contributed by atoms with van der Waals surface area (Å²) in [5.74, 6) is 0.219. The van der Waals surface area contributed by atoms with Crippen molar-refractivity contribution < 1.29 is 19.4 Å². The highest BCUT2D eigenvalue weighted by Crippen LogP contribution is 2.26. The molecule has 0 atom stereocenters. The van der Waals surface area contributed by atoms with E-state index < -0.39 is 5.97 Å². The van der Waals surface area contributed by atoms with Crippen LogP contribution in [-0.2, 0) is 0 Å². The number of aromatic nitrogens is 1. The van der Waals surface area contributed by atoms with Gasteiger partial charge in [-0.2, -0.15) is 0 Å². The Morgan fingerprint density at radius 3 is 2.37 bits per heavy atom. The van der Waals surface area contributed by atoms with E-state index in [-0.39, 0.29) is 11.4 Å². The van der Waals surface area contributed by atoms with E-state index in [4.69, 9.17) is 14.6 Å². The summed E-state index contributed by atoms with van der Waals surface area (Å²) in [5, 5.41) is 9.17. The molecule has 1 heterocycles. The number of aryl methyl sites for hydroxylation is 1. The van der Waals surface area contributed by atoms with Gasteiger partial charge in [0.25, 0.3) is 0 Å². The van der Waals surface area contributed by atoms with Crippen molar-refractivity contribution in [3.05, 3.63) is 47.7 Å². The van der Waals surface area contributed by atoms with Crippen LogP contribution in [-0.4, -0.2) is 23.2 Å². The number of carboxylic acid groups (broad SMARTS) is 1. The van der Waals surface area contributed by atoms with Crippen LogP contribution in [0.1, 0.15) is 15.9 Å². The van der Waals surface area contributed by atoms with Crippen molar-refractivity contribution >= 4 is 5.97 Å². The molecule has 0 spiro atoms. The molecule has 0 saturated carbocycles. The number of rotatable bonds is 4. The molecule has 1 aromatic carbocycles. The molecule has 2 aromatic rings.